The minimum atomic E-state index is -0.105. The SMILES string of the molecule is CNCCC(=O)Nc1ccc2c(c1)N(C)C(=O)CO2. The van der Waals surface area contributed by atoms with Gasteiger partial charge in [-0.1, -0.05) is 0 Å². The van der Waals surface area contributed by atoms with E-state index >= 15 is 0 Å². The predicted molar refractivity (Wildman–Crippen MR) is 72.5 cm³/mol. The highest BCUT2D eigenvalue weighted by Crippen LogP contribution is 2.33. The van der Waals surface area contributed by atoms with Crippen LogP contribution in [0.5, 0.6) is 5.75 Å². The monoisotopic (exact) mass is 263 g/mol. The Kier molecular flexibility index (Phi) is 4.01. The lowest BCUT2D eigenvalue weighted by atomic mass is 10.2. The van der Waals surface area contributed by atoms with E-state index in [2.05, 4.69) is 10.6 Å². The zero-order valence-electron chi connectivity index (χ0n) is 11.0. The van der Waals surface area contributed by atoms with Gasteiger partial charge in [0.15, 0.2) is 6.61 Å². The Morgan fingerprint density at radius 2 is 2.26 bits per heavy atom. The van der Waals surface area contributed by atoms with E-state index in [1.807, 2.05) is 0 Å². The van der Waals surface area contributed by atoms with Gasteiger partial charge in [-0.3, -0.25) is 9.59 Å². The van der Waals surface area contributed by atoms with Crippen molar-refractivity contribution in [3.63, 3.8) is 0 Å². The Labute approximate surface area is 111 Å². The molecule has 6 nitrogen and oxygen atoms in total. The molecule has 0 bridgehead atoms. The highest BCUT2D eigenvalue weighted by Gasteiger charge is 2.22. The first-order chi connectivity index (χ1) is 9.11. The summed E-state index contributed by atoms with van der Waals surface area (Å²) in [7, 11) is 3.49. The maximum Gasteiger partial charge on any atom is 0.264 e. The molecule has 2 amide bonds. The second-order valence-corrected chi connectivity index (χ2v) is 4.33. The molecule has 0 fully saturated rings. The van der Waals surface area contributed by atoms with Crippen LogP contribution in [0.25, 0.3) is 0 Å². The first kappa shape index (κ1) is 13.4. The molecule has 0 saturated carbocycles. The van der Waals surface area contributed by atoms with Crippen molar-refractivity contribution in [3.05, 3.63) is 18.2 Å². The number of amides is 2. The molecule has 0 aromatic heterocycles. The van der Waals surface area contributed by atoms with Gasteiger partial charge in [0.25, 0.3) is 5.91 Å². The van der Waals surface area contributed by atoms with Crippen LogP contribution in [0.15, 0.2) is 18.2 Å². The number of rotatable bonds is 4. The number of carbonyl (C=O) groups is 2. The third-order valence-electron chi connectivity index (χ3n) is 2.93. The largest absolute Gasteiger partial charge is 0.482 e. The quantitative estimate of drug-likeness (QED) is 0.834. The summed E-state index contributed by atoms with van der Waals surface area (Å²) in [5.74, 6) is 0.474. The van der Waals surface area contributed by atoms with Crippen LogP contribution in [-0.2, 0) is 9.59 Å². The lowest BCUT2D eigenvalue weighted by molar-refractivity contribution is -0.121. The molecule has 0 saturated heterocycles. The Bertz CT molecular complexity index is 502. The molecule has 0 radical (unpaired) electrons. The number of hydrogen-bond donors (Lipinski definition) is 2. The van der Waals surface area contributed by atoms with Gasteiger partial charge in [0, 0.05) is 25.7 Å². The van der Waals surface area contributed by atoms with Crippen LogP contribution in [0.2, 0.25) is 0 Å². The maximum atomic E-state index is 11.6. The van der Waals surface area contributed by atoms with E-state index in [1.54, 1.807) is 32.3 Å². The van der Waals surface area contributed by atoms with E-state index in [0.717, 1.165) is 0 Å². The van der Waals surface area contributed by atoms with Crippen molar-refractivity contribution in [2.75, 3.05) is 37.5 Å². The fourth-order valence-corrected chi connectivity index (χ4v) is 1.81. The van der Waals surface area contributed by atoms with Crippen LogP contribution in [0.3, 0.4) is 0 Å². The molecule has 0 aliphatic carbocycles. The van der Waals surface area contributed by atoms with Gasteiger partial charge in [-0.05, 0) is 25.2 Å². The molecule has 0 atom stereocenters. The fraction of sp³-hybridized carbons (Fsp3) is 0.385. The maximum absolute atomic E-state index is 11.6. The molecular weight excluding hydrogens is 246 g/mol. The Balaban J connectivity index is 2.12. The summed E-state index contributed by atoms with van der Waals surface area (Å²) in [6, 6.07) is 5.26. The smallest absolute Gasteiger partial charge is 0.264 e. The van der Waals surface area contributed by atoms with Gasteiger partial charge < -0.3 is 20.3 Å². The van der Waals surface area contributed by atoms with E-state index in [4.69, 9.17) is 4.74 Å². The summed E-state index contributed by atoms with van der Waals surface area (Å²) in [6.07, 6.45) is 0.402. The number of nitrogens with zero attached hydrogens (tertiary/aromatic N) is 1. The summed E-state index contributed by atoms with van der Waals surface area (Å²) in [6.45, 7) is 0.676. The highest BCUT2D eigenvalue weighted by molar-refractivity contribution is 5.99. The molecule has 1 aliphatic heterocycles. The highest BCUT2D eigenvalue weighted by atomic mass is 16.5. The van der Waals surface area contributed by atoms with Crippen molar-refractivity contribution in [2.24, 2.45) is 0 Å². The third-order valence-corrected chi connectivity index (χ3v) is 2.93. The van der Waals surface area contributed by atoms with E-state index in [1.165, 1.54) is 4.90 Å². The van der Waals surface area contributed by atoms with Crippen molar-refractivity contribution in [2.45, 2.75) is 6.42 Å². The van der Waals surface area contributed by atoms with Gasteiger partial charge in [0.2, 0.25) is 5.91 Å². The second kappa shape index (κ2) is 5.71. The van der Waals surface area contributed by atoms with E-state index < -0.39 is 0 Å². The number of fused-ring (bicyclic) bond motifs is 1. The molecule has 0 spiro atoms. The fourth-order valence-electron chi connectivity index (χ4n) is 1.81. The van der Waals surface area contributed by atoms with Crippen molar-refractivity contribution in [1.82, 2.24) is 5.32 Å². The first-order valence-corrected chi connectivity index (χ1v) is 6.09. The van der Waals surface area contributed by atoms with E-state index in [9.17, 15) is 9.59 Å². The zero-order valence-corrected chi connectivity index (χ0v) is 11.0. The van der Waals surface area contributed by atoms with Crippen molar-refractivity contribution in [1.29, 1.82) is 0 Å². The molecule has 1 heterocycles. The van der Waals surface area contributed by atoms with Crippen LogP contribution >= 0.6 is 0 Å². The summed E-state index contributed by atoms with van der Waals surface area (Å²) < 4.78 is 5.32. The van der Waals surface area contributed by atoms with Gasteiger partial charge in [-0.2, -0.15) is 0 Å². The molecular formula is C13H17N3O3. The normalized spacial score (nSPS) is 13.8. The topological polar surface area (TPSA) is 70.7 Å². The van der Waals surface area contributed by atoms with Crippen molar-refractivity contribution < 1.29 is 14.3 Å². The summed E-state index contributed by atoms with van der Waals surface area (Å²) >= 11 is 0. The van der Waals surface area contributed by atoms with Gasteiger partial charge in [0.1, 0.15) is 5.75 Å². The van der Waals surface area contributed by atoms with Gasteiger partial charge >= 0.3 is 0 Å². The Hall–Kier alpha value is -2.08. The van der Waals surface area contributed by atoms with E-state index in [0.29, 0.717) is 30.1 Å². The Morgan fingerprint density at radius 1 is 1.47 bits per heavy atom. The number of anilines is 2. The standard InChI is InChI=1S/C13H17N3O3/c1-14-6-5-12(17)15-9-3-4-11-10(7-9)16(2)13(18)8-19-11/h3-4,7,14H,5-6,8H2,1-2H3,(H,15,17). The summed E-state index contributed by atoms with van der Waals surface area (Å²) in [5.41, 5.74) is 1.33. The van der Waals surface area contributed by atoms with Gasteiger partial charge in [-0.15, -0.1) is 0 Å². The van der Waals surface area contributed by atoms with E-state index in [-0.39, 0.29) is 18.4 Å². The second-order valence-electron chi connectivity index (χ2n) is 4.33. The molecule has 102 valence electrons. The van der Waals surface area contributed by atoms with Crippen LogP contribution < -0.4 is 20.3 Å². The molecule has 1 aliphatic rings. The molecule has 1 aromatic rings. The number of benzene rings is 1. The number of carbonyl (C=O) groups excluding carboxylic acids is 2. The first-order valence-electron chi connectivity index (χ1n) is 6.09. The number of ether oxygens (including phenoxy) is 1. The molecule has 6 heteroatoms. The minimum absolute atomic E-state index is 0.0530. The van der Waals surface area contributed by atoms with Crippen LogP contribution in [-0.4, -0.2) is 39.1 Å². The predicted octanol–water partition coefficient (Wildman–Crippen LogP) is 0.590. The van der Waals surface area contributed by atoms with Gasteiger partial charge in [0.05, 0.1) is 5.69 Å². The van der Waals surface area contributed by atoms with Crippen LogP contribution in [0.1, 0.15) is 6.42 Å². The lowest BCUT2D eigenvalue weighted by Crippen LogP contribution is -2.35. The summed E-state index contributed by atoms with van der Waals surface area (Å²) in [4.78, 5) is 24.7. The number of likely N-dealkylation sites (N-methyl/N-ethyl adjacent to an activating group) is 1. The average Bonchev–Trinajstić information content (AvgIpc) is 2.41. The van der Waals surface area contributed by atoms with Gasteiger partial charge in [-0.25, -0.2) is 0 Å². The third kappa shape index (κ3) is 3.03. The lowest BCUT2D eigenvalue weighted by Gasteiger charge is -2.26. The molecule has 2 rings (SSSR count). The summed E-state index contributed by atoms with van der Waals surface area (Å²) in [5, 5.41) is 5.70. The number of hydrogen-bond acceptors (Lipinski definition) is 4. The van der Waals surface area contributed by atoms with Crippen molar-refractivity contribution in [3.8, 4) is 5.75 Å². The van der Waals surface area contributed by atoms with Crippen LogP contribution in [0.4, 0.5) is 11.4 Å². The minimum Gasteiger partial charge on any atom is -0.482 e. The van der Waals surface area contributed by atoms with Crippen molar-refractivity contribution >= 4 is 23.2 Å². The molecule has 19 heavy (non-hydrogen) atoms. The Morgan fingerprint density at radius 3 is 3.00 bits per heavy atom. The molecule has 2 N–H and O–H groups in total. The van der Waals surface area contributed by atoms with Crippen LogP contribution in [0, 0.1) is 0 Å². The average molecular weight is 263 g/mol. The number of nitrogens with one attached hydrogen (secondary N) is 2. The molecule has 1 aromatic carbocycles. The zero-order chi connectivity index (χ0) is 13.8. The molecule has 0 unspecified atom stereocenters.